The molecular weight excluding hydrogens is 302 g/mol. The van der Waals surface area contributed by atoms with E-state index in [1.54, 1.807) is 0 Å². The number of anilines is 2. The van der Waals surface area contributed by atoms with Gasteiger partial charge in [-0.3, -0.25) is 9.59 Å². The molecule has 0 saturated heterocycles. The normalized spacial score (nSPS) is 10.4. The van der Waals surface area contributed by atoms with Crippen LogP contribution in [0.3, 0.4) is 0 Å². The molecule has 0 radical (unpaired) electrons. The summed E-state index contributed by atoms with van der Waals surface area (Å²) in [6, 6.07) is 4.14. The number of benzene rings is 1. The predicted molar refractivity (Wildman–Crippen MR) is 75.0 cm³/mol. The van der Waals surface area contributed by atoms with E-state index in [2.05, 4.69) is 15.3 Å². The molecule has 1 aromatic carbocycles. The Balaban J connectivity index is 1.95. The van der Waals surface area contributed by atoms with Crippen LogP contribution in [0.5, 0.6) is 0 Å². The number of amides is 1. The lowest BCUT2D eigenvalue weighted by atomic mass is 10.3. The molecule has 0 fully saturated rings. The number of rotatable bonds is 4. The van der Waals surface area contributed by atoms with Crippen molar-refractivity contribution in [3.05, 3.63) is 46.3 Å². The summed E-state index contributed by atoms with van der Waals surface area (Å²) in [6.07, 6.45) is 0. The Labute approximate surface area is 121 Å². The number of aromatic nitrogens is 2. The maximum atomic E-state index is 13.0. The van der Waals surface area contributed by atoms with E-state index in [1.165, 1.54) is 6.07 Å². The zero-order valence-corrected chi connectivity index (χ0v) is 11.3. The molecule has 9 heteroatoms. The van der Waals surface area contributed by atoms with Crippen molar-refractivity contribution >= 4 is 29.2 Å². The fourth-order valence-electron chi connectivity index (χ4n) is 1.43. The predicted octanol–water partition coefficient (Wildman–Crippen LogP) is 1.36. The van der Waals surface area contributed by atoms with Gasteiger partial charge in [-0.2, -0.15) is 0 Å². The van der Waals surface area contributed by atoms with Gasteiger partial charge >= 0.3 is 0 Å². The van der Waals surface area contributed by atoms with E-state index in [0.717, 1.165) is 30.0 Å². The van der Waals surface area contributed by atoms with Crippen molar-refractivity contribution < 1.29 is 13.6 Å². The molecule has 4 N–H and O–H groups in total. The number of hydrogen-bond acceptors (Lipinski definition) is 5. The number of aromatic amines is 1. The first-order valence-corrected chi connectivity index (χ1v) is 6.67. The number of nitrogen functional groups attached to an aromatic ring is 1. The third kappa shape index (κ3) is 4.28. The minimum Gasteiger partial charge on any atom is -0.383 e. The highest BCUT2D eigenvalue weighted by Gasteiger charge is 2.08. The lowest BCUT2D eigenvalue weighted by Gasteiger charge is -2.05. The van der Waals surface area contributed by atoms with Crippen LogP contribution in [0.4, 0.5) is 20.3 Å². The molecule has 2 aromatic rings. The van der Waals surface area contributed by atoms with Gasteiger partial charge in [0.2, 0.25) is 5.91 Å². The van der Waals surface area contributed by atoms with E-state index in [0.29, 0.717) is 0 Å². The minimum absolute atomic E-state index is 0.0438. The molecule has 0 bridgehead atoms. The van der Waals surface area contributed by atoms with Gasteiger partial charge in [0.15, 0.2) is 16.8 Å². The zero-order valence-electron chi connectivity index (χ0n) is 10.5. The highest BCUT2D eigenvalue weighted by atomic mass is 32.2. The monoisotopic (exact) mass is 312 g/mol. The van der Waals surface area contributed by atoms with E-state index < -0.39 is 23.1 Å². The first-order valence-electron chi connectivity index (χ1n) is 5.68. The molecule has 2 rings (SSSR count). The molecule has 1 amide bonds. The molecule has 0 aliphatic rings. The second-order valence-corrected chi connectivity index (χ2v) is 4.91. The minimum atomic E-state index is -1.05. The molecule has 0 aliphatic heterocycles. The van der Waals surface area contributed by atoms with Gasteiger partial charge in [-0.25, -0.2) is 13.8 Å². The molecule has 1 aromatic heterocycles. The largest absolute Gasteiger partial charge is 0.383 e. The maximum absolute atomic E-state index is 13.0. The summed E-state index contributed by atoms with van der Waals surface area (Å²) in [4.78, 5) is 29.0. The van der Waals surface area contributed by atoms with Gasteiger partial charge in [0.05, 0.1) is 5.75 Å². The van der Waals surface area contributed by atoms with Gasteiger partial charge in [-0.05, 0) is 12.1 Å². The summed E-state index contributed by atoms with van der Waals surface area (Å²) >= 11 is 0.957. The molecule has 0 unspecified atom stereocenters. The third-order valence-corrected chi connectivity index (χ3v) is 3.16. The highest BCUT2D eigenvalue weighted by Crippen LogP contribution is 2.15. The van der Waals surface area contributed by atoms with Crippen molar-refractivity contribution in [1.82, 2.24) is 9.97 Å². The Morgan fingerprint density at radius 2 is 2.10 bits per heavy atom. The van der Waals surface area contributed by atoms with E-state index >= 15 is 0 Å². The Kier molecular flexibility index (Phi) is 4.53. The second kappa shape index (κ2) is 6.35. The SMILES string of the molecule is Nc1cc(=O)[nH]c(SCC(=O)Nc2ccc(F)c(F)c2)n1. The van der Waals surface area contributed by atoms with E-state index in [9.17, 15) is 18.4 Å². The van der Waals surface area contributed by atoms with Gasteiger partial charge < -0.3 is 16.0 Å². The lowest BCUT2D eigenvalue weighted by Crippen LogP contribution is -2.16. The van der Waals surface area contributed by atoms with Gasteiger partial charge in [0, 0.05) is 17.8 Å². The first kappa shape index (κ1) is 15.0. The van der Waals surface area contributed by atoms with Crippen LogP contribution in [-0.2, 0) is 4.79 Å². The summed E-state index contributed by atoms with van der Waals surface area (Å²) < 4.78 is 25.7. The molecule has 0 saturated carbocycles. The molecule has 1 heterocycles. The Bertz CT molecular complexity index is 735. The maximum Gasteiger partial charge on any atom is 0.253 e. The molecule has 0 atom stereocenters. The van der Waals surface area contributed by atoms with Crippen LogP contribution in [0.2, 0.25) is 0 Å². The number of thioether (sulfide) groups is 1. The van der Waals surface area contributed by atoms with Crippen LogP contribution in [0.15, 0.2) is 34.2 Å². The number of H-pyrrole nitrogens is 1. The Morgan fingerprint density at radius 1 is 1.33 bits per heavy atom. The highest BCUT2D eigenvalue weighted by molar-refractivity contribution is 7.99. The molecule has 21 heavy (non-hydrogen) atoms. The zero-order chi connectivity index (χ0) is 15.4. The van der Waals surface area contributed by atoms with Crippen molar-refractivity contribution in [2.24, 2.45) is 0 Å². The Hall–Kier alpha value is -2.42. The van der Waals surface area contributed by atoms with Crippen LogP contribution in [0.1, 0.15) is 0 Å². The van der Waals surface area contributed by atoms with Crippen LogP contribution in [0.25, 0.3) is 0 Å². The number of halogens is 2. The van der Waals surface area contributed by atoms with Gasteiger partial charge in [-0.1, -0.05) is 11.8 Å². The summed E-state index contributed by atoms with van der Waals surface area (Å²) in [5, 5.41) is 2.59. The number of hydrogen-bond donors (Lipinski definition) is 3. The quantitative estimate of drug-likeness (QED) is 0.584. The summed E-state index contributed by atoms with van der Waals surface area (Å²) in [7, 11) is 0. The molecule has 0 spiro atoms. The smallest absolute Gasteiger partial charge is 0.253 e. The topological polar surface area (TPSA) is 101 Å². The summed E-state index contributed by atoms with van der Waals surface area (Å²) in [6.45, 7) is 0. The summed E-state index contributed by atoms with van der Waals surface area (Å²) in [5.74, 6) is -2.55. The standard InChI is InChI=1S/C12H10F2N4O2S/c13-7-2-1-6(3-8(7)14)16-11(20)5-21-12-17-9(15)4-10(19)18-12/h1-4H,5H2,(H,16,20)(H3,15,17,18,19). The van der Waals surface area contributed by atoms with Crippen LogP contribution < -0.4 is 16.6 Å². The third-order valence-electron chi connectivity index (χ3n) is 2.28. The average Bonchev–Trinajstić information content (AvgIpc) is 2.40. The lowest BCUT2D eigenvalue weighted by molar-refractivity contribution is -0.113. The van der Waals surface area contributed by atoms with Gasteiger partial charge in [0.1, 0.15) is 5.82 Å². The van der Waals surface area contributed by atoms with Crippen molar-refractivity contribution in [1.29, 1.82) is 0 Å². The average molecular weight is 312 g/mol. The number of nitrogens with two attached hydrogens (primary N) is 1. The van der Waals surface area contributed by atoms with Crippen LogP contribution in [-0.4, -0.2) is 21.6 Å². The van der Waals surface area contributed by atoms with E-state index in [-0.39, 0.29) is 22.4 Å². The second-order valence-electron chi connectivity index (χ2n) is 3.94. The van der Waals surface area contributed by atoms with E-state index in [4.69, 9.17) is 5.73 Å². The fourth-order valence-corrected chi connectivity index (χ4v) is 2.11. The van der Waals surface area contributed by atoms with Crippen molar-refractivity contribution in [3.63, 3.8) is 0 Å². The molecule has 110 valence electrons. The number of nitrogens with one attached hydrogen (secondary N) is 2. The van der Waals surface area contributed by atoms with Crippen molar-refractivity contribution in [3.8, 4) is 0 Å². The molecule has 6 nitrogen and oxygen atoms in total. The number of nitrogens with zero attached hydrogens (tertiary/aromatic N) is 1. The van der Waals surface area contributed by atoms with Gasteiger partial charge in [-0.15, -0.1) is 0 Å². The Morgan fingerprint density at radius 3 is 2.76 bits per heavy atom. The molecule has 0 aliphatic carbocycles. The fraction of sp³-hybridized carbons (Fsp3) is 0.0833. The summed E-state index contributed by atoms with van der Waals surface area (Å²) in [5.41, 5.74) is 5.11. The number of carbonyl (C=O) groups excluding carboxylic acids is 1. The van der Waals surface area contributed by atoms with Crippen LogP contribution >= 0.6 is 11.8 Å². The van der Waals surface area contributed by atoms with E-state index in [1.807, 2.05) is 0 Å². The van der Waals surface area contributed by atoms with Gasteiger partial charge in [0.25, 0.3) is 5.56 Å². The molecular formula is C12H10F2N4O2S. The van der Waals surface area contributed by atoms with Crippen molar-refractivity contribution in [2.75, 3.05) is 16.8 Å². The van der Waals surface area contributed by atoms with Crippen LogP contribution in [0, 0.1) is 11.6 Å². The van der Waals surface area contributed by atoms with Crippen molar-refractivity contribution in [2.45, 2.75) is 5.16 Å². The number of carbonyl (C=O) groups is 1. The first-order chi connectivity index (χ1) is 9.94.